The zero-order chi connectivity index (χ0) is 10.7. The molecule has 1 aromatic heterocycles. The number of nitrogen functional groups attached to an aromatic ring is 1. The van der Waals surface area contributed by atoms with Crippen LogP contribution in [0.5, 0.6) is 0 Å². The average molecular weight is 186 g/mol. The van der Waals surface area contributed by atoms with Crippen molar-refractivity contribution in [1.82, 2.24) is 4.98 Å². The van der Waals surface area contributed by atoms with Crippen molar-refractivity contribution in [2.75, 3.05) is 5.73 Å². The fourth-order valence-electron chi connectivity index (χ4n) is 1.27. The van der Waals surface area contributed by atoms with E-state index in [0.29, 0.717) is 29.1 Å². The molecule has 1 aromatic rings. The Hall–Kier alpha value is -2.07. The van der Waals surface area contributed by atoms with Crippen LogP contribution in [0.1, 0.15) is 29.4 Å². The van der Waals surface area contributed by atoms with Gasteiger partial charge in [0.15, 0.2) is 0 Å². The lowest BCUT2D eigenvalue weighted by Gasteiger charge is -2.07. The average Bonchev–Trinajstić information content (AvgIpc) is 2.20. The van der Waals surface area contributed by atoms with Gasteiger partial charge in [0, 0.05) is 0 Å². The van der Waals surface area contributed by atoms with E-state index in [4.69, 9.17) is 16.3 Å². The number of hydrogen-bond donors (Lipinski definition) is 1. The number of aryl methyl sites for hydroxylation is 2. The minimum absolute atomic E-state index is 0.247. The molecule has 0 amide bonds. The standard InChI is InChI=1S/C10H10N4/c1-3-9-7(4-11)8(5-12)10(13)6(2)14-9/h3,13H2,1-2H3. The van der Waals surface area contributed by atoms with E-state index in [-0.39, 0.29) is 5.56 Å². The molecule has 0 saturated heterocycles. The van der Waals surface area contributed by atoms with E-state index in [0.717, 1.165) is 0 Å². The van der Waals surface area contributed by atoms with E-state index in [1.54, 1.807) is 6.92 Å². The minimum Gasteiger partial charge on any atom is -0.396 e. The molecule has 0 fully saturated rings. The summed E-state index contributed by atoms with van der Waals surface area (Å²) in [5, 5.41) is 17.7. The number of nitrogens with zero attached hydrogens (tertiary/aromatic N) is 3. The number of aromatic nitrogens is 1. The first-order valence-corrected chi connectivity index (χ1v) is 4.24. The lowest BCUT2D eigenvalue weighted by atomic mass is 10.0. The Kier molecular flexibility index (Phi) is 2.69. The van der Waals surface area contributed by atoms with Crippen molar-refractivity contribution in [2.24, 2.45) is 0 Å². The largest absolute Gasteiger partial charge is 0.396 e. The van der Waals surface area contributed by atoms with Crippen molar-refractivity contribution in [1.29, 1.82) is 10.5 Å². The number of anilines is 1. The highest BCUT2D eigenvalue weighted by molar-refractivity contribution is 5.64. The summed E-state index contributed by atoms with van der Waals surface area (Å²) in [6.45, 7) is 3.62. The van der Waals surface area contributed by atoms with E-state index in [1.165, 1.54) is 0 Å². The number of nitrogens with two attached hydrogens (primary N) is 1. The topological polar surface area (TPSA) is 86.5 Å². The lowest BCUT2D eigenvalue weighted by Crippen LogP contribution is -2.05. The van der Waals surface area contributed by atoms with Crippen molar-refractivity contribution < 1.29 is 0 Å². The van der Waals surface area contributed by atoms with Crippen LogP contribution in [0.15, 0.2) is 0 Å². The monoisotopic (exact) mass is 186 g/mol. The van der Waals surface area contributed by atoms with Crippen molar-refractivity contribution >= 4 is 5.69 Å². The van der Waals surface area contributed by atoms with Gasteiger partial charge in [-0.1, -0.05) is 6.92 Å². The summed E-state index contributed by atoms with van der Waals surface area (Å²) in [5.41, 5.74) is 7.76. The molecule has 0 bridgehead atoms. The number of hydrogen-bond acceptors (Lipinski definition) is 4. The fraction of sp³-hybridized carbons (Fsp3) is 0.300. The highest BCUT2D eigenvalue weighted by atomic mass is 14.8. The maximum absolute atomic E-state index is 8.88. The molecule has 0 spiro atoms. The fourth-order valence-corrected chi connectivity index (χ4v) is 1.27. The molecule has 0 saturated carbocycles. The Morgan fingerprint density at radius 1 is 1.29 bits per heavy atom. The molecule has 2 N–H and O–H groups in total. The Morgan fingerprint density at radius 3 is 2.29 bits per heavy atom. The maximum Gasteiger partial charge on any atom is 0.103 e. The highest BCUT2D eigenvalue weighted by Gasteiger charge is 2.14. The summed E-state index contributed by atoms with van der Waals surface area (Å²) in [6, 6.07) is 3.91. The van der Waals surface area contributed by atoms with Gasteiger partial charge in [-0.25, -0.2) is 0 Å². The molecule has 1 heterocycles. The van der Waals surface area contributed by atoms with Gasteiger partial charge in [0.25, 0.3) is 0 Å². The second kappa shape index (κ2) is 3.76. The molecular weight excluding hydrogens is 176 g/mol. The molecule has 0 radical (unpaired) electrons. The molecule has 0 aliphatic carbocycles. The first-order chi connectivity index (χ1) is 6.65. The number of rotatable bonds is 1. The first kappa shape index (κ1) is 10.0. The van der Waals surface area contributed by atoms with Crippen LogP contribution in [0.25, 0.3) is 0 Å². The Balaban J connectivity index is 3.63. The molecular formula is C10H10N4. The molecule has 4 nitrogen and oxygen atoms in total. The van der Waals surface area contributed by atoms with E-state index in [1.807, 2.05) is 19.1 Å². The van der Waals surface area contributed by atoms with Gasteiger partial charge in [-0.3, -0.25) is 4.98 Å². The zero-order valence-corrected chi connectivity index (χ0v) is 8.13. The summed E-state index contributed by atoms with van der Waals surface area (Å²) in [4.78, 5) is 4.17. The van der Waals surface area contributed by atoms with Gasteiger partial charge in [0.1, 0.15) is 12.1 Å². The summed E-state index contributed by atoms with van der Waals surface area (Å²) in [7, 11) is 0. The minimum atomic E-state index is 0.247. The van der Waals surface area contributed by atoms with Crippen molar-refractivity contribution in [3.05, 3.63) is 22.5 Å². The maximum atomic E-state index is 8.88. The normalized spacial score (nSPS) is 9.14. The van der Waals surface area contributed by atoms with Crippen LogP contribution in [-0.2, 0) is 6.42 Å². The van der Waals surface area contributed by atoms with Gasteiger partial charge >= 0.3 is 0 Å². The smallest absolute Gasteiger partial charge is 0.103 e. The number of pyridine rings is 1. The van der Waals surface area contributed by atoms with Crippen LogP contribution in [0.2, 0.25) is 0 Å². The Labute approximate surface area is 82.6 Å². The van der Waals surface area contributed by atoms with Gasteiger partial charge in [-0.2, -0.15) is 10.5 Å². The second-order valence-electron chi connectivity index (χ2n) is 2.88. The number of nitriles is 2. The molecule has 0 aliphatic heterocycles. The van der Waals surface area contributed by atoms with E-state index < -0.39 is 0 Å². The van der Waals surface area contributed by atoms with Gasteiger partial charge in [-0.05, 0) is 13.3 Å². The van der Waals surface area contributed by atoms with Crippen LogP contribution < -0.4 is 5.73 Å². The van der Waals surface area contributed by atoms with Crippen LogP contribution in [0.3, 0.4) is 0 Å². The van der Waals surface area contributed by atoms with Gasteiger partial charge < -0.3 is 5.73 Å². The van der Waals surface area contributed by atoms with E-state index >= 15 is 0 Å². The summed E-state index contributed by atoms with van der Waals surface area (Å²) >= 11 is 0. The van der Waals surface area contributed by atoms with Crippen molar-refractivity contribution in [3.8, 4) is 12.1 Å². The van der Waals surface area contributed by atoms with Crippen molar-refractivity contribution in [3.63, 3.8) is 0 Å². The zero-order valence-electron chi connectivity index (χ0n) is 8.13. The second-order valence-corrected chi connectivity index (χ2v) is 2.88. The summed E-state index contributed by atoms with van der Waals surface area (Å²) in [5.74, 6) is 0. The molecule has 14 heavy (non-hydrogen) atoms. The van der Waals surface area contributed by atoms with Crippen LogP contribution in [-0.4, -0.2) is 4.98 Å². The van der Waals surface area contributed by atoms with Gasteiger partial charge in [-0.15, -0.1) is 0 Å². The summed E-state index contributed by atoms with van der Waals surface area (Å²) < 4.78 is 0. The van der Waals surface area contributed by atoms with Gasteiger partial charge in [0.2, 0.25) is 0 Å². The third-order valence-electron chi connectivity index (χ3n) is 2.06. The van der Waals surface area contributed by atoms with Crippen molar-refractivity contribution in [2.45, 2.75) is 20.3 Å². The molecule has 0 aromatic carbocycles. The van der Waals surface area contributed by atoms with Gasteiger partial charge in [0.05, 0.1) is 28.2 Å². The van der Waals surface area contributed by atoms with Crippen LogP contribution in [0, 0.1) is 29.6 Å². The third kappa shape index (κ3) is 1.38. The molecule has 0 atom stereocenters. The summed E-state index contributed by atoms with van der Waals surface area (Å²) in [6.07, 6.45) is 0.624. The third-order valence-corrected chi connectivity index (χ3v) is 2.06. The lowest BCUT2D eigenvalue weighted by molar-refractivity contribution is 0.995. The molecule has 0 unspecified atom stereocenters. The van der Waals surface area contributed by atoms with Crippen LogP contribution in [0.4, 0.5) is 5.69 Å². The van der Waals surface area contributed by atoms with Crippen LogP contribution >= 0.6 is 0 Å². The van der Waals surface area contributed by atoms with E-state index in [2.05, 4.69) is 4.98 Å². The predicted molar refractivity (Wildman–Crippen MR) is 52.2 cm³/mol. The Morgan fingerprint density at radius 2 is 1.86 bits per heavy atom. The first-order valence-electron chi connectivity index (χ1n) is 4.24. The molecule has 70 valence electrons. The highest BCUT2D eigenvalue weighted by Crippen LogP contribution is 2.21. The molecule has 4 heteroatoms. The SMILES string of the molecule is CCc1nc(C)c(N)c(C#N)c1C#N. The molecule has 1 rings (SSSR count). The Bertz CT molecular complexity index is 449. The van der Waals surface area contributed by atoms with E-state index in [9.17, 15) is 0 Å². The quantitative estimate of drug-likeness (QED) is 0.715. The predicted octanol–water partition coefficient (Wildman–Crippen LogP) is 1.28. The molecule has 0 aliphatic rings.